The second kappa shape index (κ2) is 6.22. The summed E-state index contributed by atoms with van der Waals surface area (Å²) in [7, 11) is 1.31. The standard InChI is InChI=1S/C17H21N3O4/c1-9(2)20(8-14(21)23-4)17(22)12-7-13(11-5-6-11)18-16-15(12)10(3)19-24-16/h7,9,11H,5-6,8H2,1-4H3. The van der Waals surface area contributed by atoms with Crippen LogP contribution in [0.15, 0.2) is 10.6 Å². The van der Waals surface area contributed by atoms with Crippen molar-refractivity contribution in [3.8, 4) is 0 Å². The van der Waals surface area contributed by atoms with Crippen molar-refractivity contribution in [3.05, 3.63) is 23.0 Å². The Hall–Kier alpha value is -2.44. The summed E-state index contributed by atoms with van der Waals surface area (Å²) in [5.41, 5.74) is 2.33. The fourth-order valence-corrected chi connectivity index (χ4v) is 2.72. The van der Waals surface area contributed by atoms with E-state index in [1.807, 2.05) is 19.9 Å². The van der Waals surface area contributed by atoms with E-state index in [4.69, 9.17) is 9.26 Å². The molecule has 0 saturated heterocycles. The van der Waals surface area contributed by atoms with Crippen LogP contribution in [-0.2, 0) is 9.53 Å². The predicted molar refractivity (Wildman–Crippen MR) is 86.7 cm³/mol. The van der Waals surface area contributed by atoms with Crippen molar-refractivity contribution >= 4 is 23.0 Å². The number of aryl methyl sites for hydroxylation is 1. The van der Waals surface area contributed by atoms with Crippen LogP contribution in [0.5, 0.6) is 0 Å². The SMILES string of the molecule is COC(=O)CN(C(=O)c1cc(C2CC2)nc2onc(C)c12)C(C)C. The Morgan fingerprint density at radius 1 is 1.42 bits per heavy atom. The molecule has 2 heterocycles. The first-order valence-electron chi connectivity index (χ1n) is 8.07. The molecule has 2 aromatic heterocycles. The number of esters is 1. The molecule has 1 amide bonds. The van der Waals surface area contributed by atoms with Crippen molar-refractivity contribution in [2.45, 2.75) is 45.6 Å². The summed E-state index contributed by atoms with van der Waals surface area (Å²) >= 11 is 0. The molecule has 7 nitrogen and oxygen atoms in total. The number of ether oxygens (including phenoxy) is 1. The molecule has 3 rings (SSSR count). The van der Waals surface area contributed by atoms with E-state index in [1.54, 1.807) is 6.92 Å². The molecule has 24 heavy (non-hydrogen) atoms. The normalized spacial score (nSPS) is 14.2. The average Bonchev–Trinajstić information content (AvgIpc) is 3.35. The van der Waals surface area contributed by atoms with Gasteiger partial charge < -0.3 is 14.2 Å². The first-order valence-corrected chi connectivity index (χ1v) is 8.07. The summed E-state index contributed by atoms with van der Waals surface area (Å²) in [6.07, 6.45) is 2.13. The molecule has 2 aromatic rings. The summed E-state index contributed by atoms with van der Waals surface area (Å²) in [5, 5.41) is 4.55. The van der Waals surface area contributed by atoms with Gasteiger partial charge in [0.2, 0.25) is 0 Å². The molecule has 0 aromatic carbocycles. The summed E-state index contributed by atoms with van der Waals surface area (Å²) < 4.78 is 9.99. The highest BCUT2D eigenvalue weighted by Crippen LogP contribution is 2.40. The van der Waals surface area contributed by atoms with Gasteiger partial charge in [0.25, 0.3) is 11.6 Å². The maximum Gasteiger partial charge on any atom is 0.325 e. The number of aromatic nitrogens is 2. The van der Waals surface area contributed by atoms with Gasteiger partial charge in [-0.05, 0) is 39.7 Å². The summed E-state index contributed by atoms with van der Waals surface area (Å²) in [6, 6.07) is 1.67. The number of carbonyl (C=O) groups excluding carboxylic acids is 2. The maximum absolute atomic E-state index is 13.1. The first kappa shape index (κ1) is 16.4. The fourth-order valence-electron chi connectivity index (χ4n) is 2.72. The highest BCUT2D eigenvalue weighted by atomic mass is 16.5. The molecular weight excluding hydrogens is 310 g/mol. The van der Waals surface area contributed by atoms with Crippen LogP contribution in [0.25, 0.3) is 11.1 Å². The molecule has 0 aliphatic heterocycles. The Bertz CT molecular complexity index is 792. The minimum atomic E-state index is -0.452. The summed E-state index contributed by atoms with van der Waals surface area (Å²) in [4.78, 5) is 30.8. The first-order chi connectivity index (χ1) is 11.4. The van der Waals surface area contributed by atoms with Crippen LogP contribution in [0, 0.1) is 6.92 Å². The third-order valence-corrected chi connectivity index (χ3v) is 4.27. The van der Waals surface area contributed by atoms with E-state index in [9.17, 15) is 9.59 Å². The van der Waals surface area contributed by atoms with Crippen LogP contribution in [0.2, 0.25) is 0 Å². The number of hydrogen-bond acceptors (Lipinski definition) is 6. The number of hydrogen-bond donors (Lipinski definition) is 0. The van der Waals surface area contributed by atoms with Crippen molar-refractivity contribution in [3.63, 3.8) is 0 Å². The molecular formula is C17H21N3O4. The molecule has 1 fully saturated rings. The molecule has 0 N–H and O–H groups in total. The van der Waals surface area contributed by atoms with E-state index >= 15 is 0 Å². The molecule has 0 spiro atoms. The summed E-state index contributed by atoms with van der Waals surface area (Å²) in [5.74, 6) is -0.317. The van der Waals surface area contributed by atoms with Gasteiger partial charge in [0.05, 0.1) is 23.8 Å². The van der Waals surface area contributed by atoms with Crippen molar-refractivity contribution in [2.24, 2.45) is 0 Å². The van der Waals surface area contributed by atoms with Crippen molar-refractivity contribution in [1.29, 1.82) is 0 Å². The lowest BCUT2D eigenvalue weighted by molar-refractivity contribution is -0.141. The fraction of sp³-hybridized carbons (Fsp3) is 0.529. The van der Waals surface area contributed by atoms with Gasteiger partial charge in [0.15, 0.2) is 0 Å². The molecule has 0 atom stereocenters. The van der Waals surface area contributed by atoms with Crippen LogP contribution < -0.4 is 0 Å². The van der Waals surface area contributed by atoms with E-state index < -0.39 is 5.97 Å². The average molecular weight is 331 g/mol. The van der Waals surface area contributed by atoms with Crippen LogP contribution in [0.4, 0.5) is 0 Å². The van der Waals surface area contributed by atoms with Crippen molar-refractivity contribution < 1.29 is 18.8 Å². The zero-order valence-corrected chi connectivity index (χ0v) is 14.3. The molecule has 0 unspecified atom stereocenters. The lowest BCUT2D eigenvalue weighted by Gasteiger charge is -2.26. The largest absolute Gasteiger partial charge is 0.468 e. The number of methoxy groups -OCH3 is 1. The monoisotopic (exact) mass is 331 g/mol. The topological polar surface area (TPSA) is 85.5 Å². The van der Waals surface area contributed by atoms with Gasteiger partial charge in [0, 0.05) is 17.7 Å². The minimum Gasteiger partial charge on any atom is -0.468 e. The van der Waals surface area contributed by atoms with Gasteiger partial charge in [-0.15, -0.1) is 0 Å². The van der Waals surface area contributed by atoms with E-state index in [-0.39, 0.29) is 18.5 Å². The number of carbonyl (C=O) groups is 2. The van der Waals surface area contributed by atoms with E-state index in [0.29, 0.717) is 28.3 Å². The zero-order valence-electron chi connectivity index (χ0n) is 14.3. The lowest BCUT2D eigenvalue weighted by Crippen LogP contribution is -2.41. The Morgan fingerprint density at radius 2 is 2.12 bits per heavy atom. The van der Waals surface area contributed by atoms with E-state index in [0.717, 1.165) is 18.5 Å². The van der Waals surface area contributed by atoms with E-state index in [2.05, 4.69) is 10.1 Å². The van der Waals surface area contributed by atoms with Crippen LogP contribution in [0.3, 0.4) is 0 Å². The molecule has 0 bridgehead atoms. The molecule has 7 heteroatoms. The number of amides is 1. The number of pyridine rings is 1. The molecule has 1 aliphatic carbocycles. The number of rotatable bonds is 5. The number of nitrogens with zero attached hydrogens (tertiary/aromatic N) is 3. The quantitative estimate of drug-likeness (QED) is 0.782. The maximum atomic E-state index is 13.1. The predicted octanol–water partition coefficient (Wildman–Crippen LogP) is 2.43. The Labute approximate surface area is 140 Å². The second-order valence-electron chi connectivity index (χ2n) is 6.42. The molecule has 0 radical (unpaired) electrons. The van der Waals surface area contributed by atoms with E-state index in [1.165, 1.54) is 12.0 Å². The van der Waals surface area contributed by atoms with Crippen LogP contribution in [-0.4, -0.2) is 46.6 Å². The van der Waals surface area contributed by atoms with Gasteiger partial charge in [0.1, 0.15) is 6.54 Å². The van der Waals surface area contributed by atoms with Gasteiger partial charge in [-0.2, -0.15) is 0 Å². The van der Waals surface area contributed by atoms with Crippen LogP contribution in [0.1, 0.15) is 54.4 Å². The summed E-state index contributed by atoms with van der Waals surface area (Å²) in [6.45, 7) is 5.41. The molecule has 1 aliphatic rings. The van der Waals surface area contributed by atoms with Gasteiger partial charge in [-0.3, -0.25) is 9.59 Å². The number of fused-ring (bicyclic) bond motifs is 1. The molecule has 1 saturated carbocycles. The van der Waals surface area contributed by atoms with Gasteiger partial charge in [-0.1, -0.05) is 5.16 Å². The Morgan fingerprint density at radius 3 is 2.71 bits per heavy atom. The third-order valence-electron chi connectivity index (χ3n) is 4.27. The highest BCUT2D eigenvalue weighted by molar-refractivity contribution is 6.06. The van der Waals surface area contributed by atoms with Gasteiger partial charge in [-0.25, -0.2) is 4.98 Å². The Kier molecular flexibility index (Phi) is 4.26. The highest BCUT2D eigenvalue weighted by Gasteiger charge is 2.31. The van der Waals surface area contributed by atoms with Crippen LogP contribution >= 0.6 is 0 Å². The zero-order chi connectivity index (χ0) is 17.4. The third kappa shape index (κ3) is 2.98. The van der Waals surface area contributed by atoms with Crippen molar-refractivity contribution in [2.75, 3.05) is 13.7 Å². The smallest absolute Gasteiger partial charge is 0.325 e. The van der Waals surface area contributed by atoms with Crippen molar-refractivity contribution in [1.82, 2.24) is 15.0 Å². The lowest BCUT2D eigenvalue weighted by atomic mass is 10.1. The van der Waals surface area contributed by atoms with Gasteiger partial charge >= 0.3 is 5.97 Å². The minimum absolute atomic E-state index is 0.0973. The molecule has 128 valence electrons. The second-order valence-corrected chi connectivity index (χ2v) is 6.42. The Balaban J connectivity index is 2.06.